The summed E-state index contributed by atoms with van der Waals surface area (Å²) in [6.07, 6.45) is 6.14. The molecular weight excluding hydrogens is 318 g/mol. The van der Waals surface area contributed by atoms with Crippen LogP contribution in [0.2, 0.25) is 0 Å². The zero-order chi connectivity index (χ0) is 16.7. The predicted molar refractivity (Wildman–Crippen MR) is 98.5 cm³/mol. The number of likely N-dealkylation sites (tertiary alicyclic amines) is 1. The Labute approximate surface area is 146 Å². The van der Waals surface area contributed by atoms with Crippen molar-refractivity contribution in [2.24, 2.45) is 5.92 Å². The average molecular weight is 343 g/mol. The number of nitrogens with zero attached hydrogens (tertiary/aromatic N) is 1. The molecule has 0 bridgehead atoms. The van der Waals surface area contributed by atoms with Gasteiger partial charge < -0.3 is 9.64 Å². The van der Waals surface area contributed by atoms with Gasteiger partial charge in [0.15, 0.2) is 0 Å². The van der Waals surface area contributed by atoms with Crippen LogP contribution in [0.3, 0.4) is 0 Å². The van der Waals surface area contributed by atoms with Crippen molar-refractivity contribution in [1.82, 2.24) is 4.90 Å². The summed E-state index contributed by atoms with van der Waals surface area (Å²) in [6.45, 7) is 4.40. The van der Waals surface area contributed by atoms with Crippen LogP contribution in [0, 0.1) is 5.92 Å². The van der Waals surface area contributed by atoms with Crippen LogP contribution in [0.4, 0.5) is 0 Å². The molecular formula is C20H25NO2S. The molecule has 1 saturated heterocycles. The van der Waals surface area contributed by atoms with Crippen molar-refractivity contribution in [2.75, 3.05) is 20.1 Å². The number of ether oxygens (including phenoxy) is 1. The Morgan fingerprint density at radius 3 is 2.83 bits per heavy atom. The van der Waals surface area contributed by atoms with Gasteiger partial charge in [-0.05, 0) is 62.7 Å². The summed E-state index contributed by atoms with van der Waals surface area (Å²) in [4.78, 5) is 3.44. The highest BCUT2D eigenvalue weighted by Crippen LogP contribution is 2.40. The van der Waals surface area contributed by atoms with Gasteiger partial charge in [0.1, 0.15) is 11.9 Å². The van der Waals surface area contributed by atoms with E-state index in [0.29, 0.717) is 5.92 Å². The Bertz CT molecular complexity index is 729. The highest BCUT2D eigenvalue weighted by molar-refractivity contribution is 7.92. The number of aryl methyl sites for hydroxylation is 1. The first kappa shape index (κ1) is 16.1. The highest BCUT2D eigenvalue weighted by atomic mass is 32.2. The van der Waals surface area contributed by atoms with E-state index in [-0.39, 0.29) is 6.10 Å². The van der Waals surface area contributed by atoms with E-state index in [1.54, 1.807) is 0 Å². The summed E-state index contributed by atoms with van der Waals surface area (Å²) in [7, 11) is 1.19. The first-order valence-electron chi connectivity index (χ1n) is 8.94. The van der Waals surface area contributed by atoms with Crippen molar-refractivity contribution < 1.29 is 8.95 Å². The molecule has 0 amide bonds. The third-order valence-electron chi connectivity index (χ3n) is 5.58. The molecule has 2 atom stereocenters. The number of piperidine rings is 1. The Morgan fingerprint density at radius 2 is 2.08 bits per heavy atom. The van der Waals surface area contributed by atoms with Crippen molar-refractivity contribution in [3.05, 3.63) is 51.3 Å². The first-order chi connectivity index (χ1) is 11.7. The van der Waals surface area contributed by atoms with E-state index in [2.05, 4.69) is 43.1 Å². The number of hydrogen-bond donors (Lipinski definition) is 0. The van der Waals surface area contributed by atoms with Gasteiger partial charge in [-0.3, -0.25) is 0 Å². The van der Waals surface area contributed by atoms with E-state index in [1.165, 1.54) is 16.7 Å². The second-order valence-electron chi connectivity index (χ2n) is 7.13. The van der Waals surface area contributed by atoms with E-state index >= 15 is 0 Å². The zero-order valence-electron chi connectivity index (χ0n) is 14.5. The van der Waals surface area contributed by atoms with Gasteiger partial charge in [0.05, 0.1) is 10.8 Å². The van der Waals surface area contributed by atoms with Crippen LogP contribution in [-0.4, -0.2) is 35.3 Å². The molecule has 0 saturated carbocycles. The number of benzene rings is 1. The van der Waals surface area contributed by atoms with E-state index in [4.69, 9.17) is 4.74 Å². The van der Waals surface area contributed by atoms with E-state index in [9.17, 15) is 4.21 Å². The molecule has 1 aromatic carbocycles. The molecule has 0 spiro atoms. The van der Waals surface area contributed by atoms with Crippen LogP contribution < -0.4 is 4.74 Å². The Morgan fingerprint density at radius 1 is 1.29 bits per heavy atom. The van der Waals surface area contributed by atoms with Crippen LogP contribution in [0.15, 0.2) is 40.2 Å². The van der Waals surface area contributed by atoms with Crippen LogP contribution >= 0.6 is 0 Å². The lowest BCUT2D eigenvalue weighted by Crippen LogP contribution is -2.38. The maximum absolute atomic E-state index is 12.5. The van der Waals surface area contributed by atoms with E-state index < -0.39 is 10.8 Å². The summed E-state index contributed by atoms with van der Waals surface area (Å²) in [5.74, 6) is 1.50. The topological polar surface area (TPSA) is 29.5 Å². The summed E-state index contributed by atoms with van der Waals surface area (Å²) >= 11 is 0. The first-order valence-corrected chi connectivity index (χ1v) is 10.2. The minimum Gasteiger partial charge on any atom is -0.485 e. The number of rotatable bonds is 2. The van der Waals surface area contributed by atoms with Gasteiger partial charge in [0.2, 0.25) is 0 Å². The third kappa shape index (κ3) is 2.86. The maximum atomic E-state index is 12.5. The minimum atomic E-state index is -0.988. The molecule has 3 nitrogen and oxygen atoms in total. The van der Waals surface area contributed by atoms with Crippen molar-refractivity contribution in [2.45, 2.75) is 38.7 Å². The third-order valence-corrected chi connectivity index (χ3v) is 6.83. The largest absolute Gasteiger partial charge is 0.485 e. The Balaban J connectivity index is 1.72. The molecule has 3 heterocycles. The lowest BCUT2D eigenvalue weighted by molar-refractivity contribution is 0.111. The van der Waals surface area contributed by atoms with Crippen molar-refractivity contribution in [3.8, 4) is 5.75 Å². The van der Waals surface area contributed by atoms with Gasteiger partial charge >= 0.3 is 0 Å². The lowest BCUT2D eigenvalue weighted by Gasteiger charge is -2.34. The fourth-order valence-corrected chi connectivity index (χ4v) is 5.13. The molecule has 0 N–H and O–H groups in total. The summed E-state index contributed by atoms with van der Waals surface area (Å²) in [5.41, 5.74) is 3.65. The van der Waals surface area contributed by atoms with E-state index in [0.717, 1.165) is 49.4 Å². The number of fused-ring (bicyclic) bond motifs is 1. The number of allylic oxidation sites excluding steroid dienone is 1. The Hall–Kier alpha value is -1.39. The molecule has 0 aliphatic carbocycles. The molecule has 0 radical (unpaired) electrons. The normalized spacial score (nSPS) is 27.6. The van der Waals surface area contributed by atoms with Gasteiger partial charge in [0.25, 0.3) is 0 Å². The molecule has 2 unspecified atom stereocenters. The molecule has 1 fully saturated rings. The van der Waals surface area contributed by atoms with Crippen LogP contribution in [0.25, 0.3) is 0 Å². The van der Waals surface area contributed by atoms with Gasteiger partial charge in [-0.25, -0.2) is 4.21 Å². The second-order valence-corrected chi connectivity index (χ2v) is 8.49. The zero-order valence-corrected chi connectivity index (χ0v) is 15.3. The van der Waals surface area contributed by atoms with Crippen LogP contribution in [0.1, 0.15) is 30.9 Å². The fraction of sp³-hybridized carbons (Fsp3) is 0.500. The van der Waals surface area contributed by atoms with E-state index in [1.807, 2.05) is 5.41 Å². The molecule has 4 rings (SSSR count). The summed E-state index contributed by atoms with van der Waals surface area (Å²) < 4.78 is 19.1. The van der Waals surface area contributed by atoms with Crippen LogP contribution in [-0.2, 0) is 23.6 Å². The smallest absolute Gasteiger partial charge is 0.128 e. The molecule has 24 heavy (non-hydrogen) atoms. The Kier molecular flexibility index (Phi) is 4.35. The minimum absolute atomic E-state index is 0.0461. The fourth-order valence-electron chi connectivity index (χ4n) is 3.98. The quantitative estimate of drug-likeness (QED) is 0.824. The summed E-state index contributed by atoms with van der Waals surface area (Å²) in [6, 6.07) is 6.51. The highest BCUT2D eigenvalue weighted by Gasteiger charge is 2.35. The molecule has 3 aliphatic heterocycles. The second kappa shape index (κ2) is 6.49. The van der Waals surface area contributed by atoms with Gasteiger partial charge in [0, 0.05) is 28.2 Å². The molecule has 3 aliphatic rings. The maximum Gasteiger partial charge on any atom is 0.128 e. The van der Waals surface area contributed by atoms with Gasteiger partial charge in [-0.1, -0.05) is 19.1 Å². The molecule has 1 aromatic rings. The van der Waals surface area contributed by atoms with Gasteiger partial charge in [-0.15, -0.1) is 0 Å². The van der Waals surface area contributed by atoms with Crippen molar-refractivity contribution >= 4 is 10.8 Å². The van der Waals surface area contributed by atoms with Crippen molar-refractivity contribution in [3.63, 3.8) is 0 Å². The number of hydrogen-bond acceptors (Lipinski definition) is 3. The van der Waals surface area contributed by atoms with Gasteiger partial charge in [-0.2, -0.15) is 0 Å². The average Bonchev–Trinajstić information content (AvgIpc) is 2.87. The SMILES string of the molecule is CCc1ccc2c(c1)OC(C1CCN(C)CC1)C1=C(C2)S(=O)C=C1. The standard InChI is InChI=1S/C20H25NO2S/c1-3-14-4-5-16-13-19-17(8-11-24(19)22)20(23-18(16)12-14)15-6-9-21(2)10-7-15/h4-5,8,11-12,15,20H,3,6-7,9-10,13H2,1-2H3. The lowest BCUT2D eigenvalue weighted by atomic mass is 9.87. The predicted octanol–water partition coefficient (Wildman–Crippen LogP) is 3.42. The molecule has 0 aromatic heterocycles. The monoisotopic (exact) mass is 343 g/mol. The van der Waals surface area contributed by atoms with Crippen molar-refractivity contribution in [1.29, 1.82) is 0 Å². The van der Waals surface area contributed by atoms with Crippen LogP contribution in [0.5, 0.6) is 5.75 Å². The molecule has 128 valence electrons. The summed E-state index contributed by atoms with van der Waals surface area (Å²) in [5, 5.41) is 1.83. The molecule has 4 heteroatoms.